The molecule has 5 rings (SSSR count). The highest BCUT2D eigenvalue weighted by Gasteiger charge is 2.51. The van der Waals surface area contributed by atoms with E-state index in [-0.39, 0.29) is 17.3 Å². The van der Waals surface area contributed by atoms with Gasteiger partial charge in [-0.2, -0.15) is 0 Å². The van der Waals surface area contributed by atoms with Gasteiger partial charge >= 0.3 is 0 Å². The van der Waals surface area contributed by atoms with Crippen LogP contribution in [-0.4, -0.2) is 16.4 Å². The van der Waals surface area contributed by atoms with Crippen molar-refractivity contribution in [2.75, 3.05) is 5.73 Å². The molecule has 4 aliphatic carbocycles. The second-order valence-corrected chi connectivity index (χ2v) is 7.65. The van der Waals surface area contributed by atoms with Gasteiger partial charge in [-0.25, -0.2) is 4.98 Å². The maximum absolute atomic E-state index is 12.5. The van der Waals surface area contributed by atoms with Gasteiger partial charge in [0, 0.05) is 11.7 Å². The van der Waals surface area contributed by atoms with Gasteiger partial charge in [-0.15, -0.1) is 0 Å². The number of hydrogen-bond donors (Lipinski definition) is 2. The van der Waals surface area contributed by atoms with Gasteiger partial charge in [-0.05, 0) is 62.3 Å². The van der Waals surface area contributed by atoms with Crippen molar-refractivity contribution < 1.29 is 4.79 Å². The number of pyridine rings is 1. The highest BCUT2D eigenvalue weighted by molar-refractivity contribution is 6.33. The Hall–Kier alpha value is -1.29. The van der Waals surface area contributed by atoms with Gasteiger partial charge in [-0.1, -0.05) is 11.6 Å². The summed E-state index contributed by atoms with van der Waals surface area (Å²) in [7, 11) is 0. The van der Waals surface area contributed by atoms with Gasteiger partial charge in [-0.3, -0.25) is 4.79 Å². The summed E-state index contributed by atoms with van der Waals surface area (Å²) in [5.41, 5.74) is 6.12. The molecule has 1 amide bonds. The van der Waals surface area contributed by atoms with Gasteiger partial charge in [0.05, 0.1) is 10.6 Å². The largest absolute Gasteiger partial charge is 0.382 e. The molecular formula is C16H20ClN3O. The second-order valence-electron chi connectivity index (χ2n) is 7.24. The van der Waals surface area contributed by atoms with Crippen LogP contribution in [0.4, 0.5) is 5.82 Å². The highest BCUT2D eigenvalue weighted by Crippen LogP contribution is 2.55. The molecule has 4 saturated carbocycles. The number of nitrogens with zero attached hydrogens (tertiary/aromatic N) is 1. The van der Waals surface area contributed by atoms with Gasteiger partial charge in [0.25, 0.3) is 5.91 Å². The fourth-order valence-corrected chi connectivity index (χ4v) is 5.32. The molecule has 1 aromatic rings. The minimum atomic E-state index is -0.0636. The standard InChI is InChI=1S/C16H20ClN3O/c17-13-4-12(8-19-14(13)18)15(21)20-16-5-9-1-10(6-16)3-11(2-9)7-16/h4,8-11H,1-3,5-7H2,(H2,18,19)(H,20,21). The Morgan fingerprint density at radius 1 is 1.24 bits per heavy atom. The van der Waals surface area contributed by atoms with Gasteiger partial charge in [0.2, 0.25) is 0 Å². The first-order valence-corrected chi connectivity index (χ1v) is 8.14. The van der Waals surface area contributed by atoms with Crippen molar-refractivity contribution in [1.82, 2.24) is 10.3 Å². The van der Waals surface area contributed by atoms with E-state index in [0.29, 0.717) is 10.6 Å². The second kappa shape index (κ2) is 4.60. The van der Waals surface area contributed by atoms with E-state index in [2.05, 4.69) is 10.3 Å². The van der Waals surface area contributed by atoms with Crippen molar-refractivity contribution in [3.63, 3.8) is 0 Å². The van der Waals surface area contributed by atoms with Crippen molar-refractivity contribution >= 4 is 23.3 Å². The first kappa shape index (κ1) is 13.4. The quantitative estimate of drug-likeness (QED) is 0.882. The number of halogens is 1. The smallest absolute Gasteiger partial charge is 0.253 e. The van der Waals surface area contributed by atoms with Gasteiger partial charge < -0.3 is 11.1 Å². The Labute approximate surface area is 129 Å². The van der Waals surface area contributed by atoms with Crippen LogP contribution in [0.3, 0.4) is 0 Å². The maximum Gasteiger partial charge on any atom is 0.253 e. The third kappa shape index (κ3) is 2.30. The molecule has 0 radical (unpaired) electrons. The molecule has 3 N–H and O–H groups in total. The average molecular weight is 306 g/mol. The summed E-state index contributed by atoms with van der Waals surface area (Å²) in [6.45, 7) is 0. The Kier molecular flexibility index (Phi) is 2.93. The highest BCUT2D eigenvalue weighted by atomic mass is 35.5. The molecule has 112 valence electrons. The molecule has 4 nitrogen and oxygen atoms in total. The van der Waals surface area contributed by atoms with Crippen LogP contribution in [0, 0.1) is 17.8 Å². The number of carbonyl (C=O) groups is 1. The Balaban J connectivity index is 1.55. The number of hydrogen-bond acceptors (Lipinski definition) is 3. The summed E-state index contributed by atoms with van der Waals surface area (Å²) < 4.78 is 0. The van der Waals surface area contributed by atoms with Crippen LogP contribution >= 0.6 is 11.6 Å². The Morgan fingerprint density at radius 2 is 1.81 bits per heavy atom. The number of carbonyl (C=O) groups excluding carboxylic acids is 1. The average Bonchev–Trinajstić information content (AvgIpc) is 2.39. The number of aromatic nitrogens is 1. The van der Waals surface area contributed by atoms with E-state index < -0.39 is 0 Å². The van der Waals surface area contributed by atoms with E-state index in [9.17, 15) is 4.79 Å². The zero-order valence-corrected chi connectivity index (χ0v) is 12.7. The lowest BCUT2D eigenvalue weighted by Gasteiger charge is -2.56. The first-order chi connectivity index (χ1) is 10.0. The molecule has 4 fully saturated rings. The zero-order valence-electron chi connectivity index (χ0n) is 11.9. The Bertz CT molecular complexity index is 566. The molecule has 5 heteroatoms. The fourth-order valence-electron chi connectivity index (χ4n) is 5.15. The van der Waals surface area contributed by atoms with E-state index in [1.165, 1.54) is 25.5 Å². The summed E-state index contributed by atoms with van der Waals surface area (Å²) in [6.07, 6.45) is 9.03. The predicted molar refractivity (Wildman–Crippen MR) is 82.0 cm³/mol. The van der Waals surface area contributed by atoms with E-state index in [1.807, 2.05) is 0 Å². The van der Waals surface area contributed by atoms with E-state index in [1.54, 1.807) is 6.07 Å². The molecule has 0 aliphatic heterocycles. The maximum atomic E-state index is 12.5. The molecule has 0 atom stereocenters. The number of nitrogens with one attached hydrogen (secondary N) is 1. The van der Waals surface area contributed by atoms with Crippen molar-refractivity contribution in [2.24, 2.45) is 17.8 Å². The van der Waals surface area contributed by atoms with Crippen molar-refractivity contribution in [3.8, 4) is 0 Å². The number of anilines is 1. The molecule has 4 bridgehead atoms. The molecule has 4 aliphatic rings. The zero-order chi connectivity index (χ0) is 14.6. The fraction of sp³-hybridized carbons (Fsp3) is 0.625. The first-order valence-electron chi connectivity index (χ1n) is 7.76. The van der Waals surface area contributed by atoms with Gasteiger partial charge in [0.1, 0.15) is 5.82 Å². The lowest BCUT2D eigenvalue weighted by Crippen LogP contribution is -2.59. The monoisotopic (exact) mass is 305 g/mol. The SMILES string of the molecule is Nc1ncc(C(=O)NC23CC4CC(CC(C4)C2)C3)cc1Cl. The summed E-state index contributed by atoms with van der Waals surface area (Å²) in [4.78, 5) is 16.5. The van der Waals surface area contributed by atoms with Crippen LogP contribution in [0.5, 0.6) is 0 Å². The lowest BCUT2D eigenvalue weighted by molar-refractivity contribution is -0.0167. The van der Waals surface area contributed by atoms with Crippen LogP contribution in [0.15, 0.2) is 12.3 Å². The topological polar surface area (TPSA) is 68.0 Å². The molecule has 0 saturated heterocycles. The molecular weight excluding hydrogens is 286 g/mol. The van der Waals surface area contributed by atoms with Crippen LogP contribution in [0.1, 0.15) is 48.9 Å². The minimum Gasteiger partial charge on any atom is -0.382 e. The third-order valence-electron chi connectivity index (χ3n) is 5.55. The summed E-state index contributed by atoms with van der Waals surface area (Å²) in [5.74, 6) is 2.63. The molecule has 1 aromatic heterocycles. The van der Waals surface area contributed by atoms with Crippen molar-refractivity contribution in [2.45, 2.75) is 44.1 Å². The Morgan fingerprint density at radius 3 is 2.33 bits per heavy atom. The lowest BCUT2D eigenvalue weighted by atomic mass is 9.53. The van der Waals surface area contributed by atoms with Crippen LogP contribution in [0.2, 0.25) is 5.02 Å². The third-order valence-corrected chi connectivity index (χ3v) is 5.85. The van der Waals surface area contributed by atoms with Crippen LogP contribution in [0.25, 0.3) is 0 Å². The molecule has 0 unspecified atom stereocenters. The number of nitrogen functional groups attached to an aromatic ring is 1. The minimum absolute atomic E-state index is 0.0136. The molecule has 21 heavy (non-hydrogen) atoms. The van der Waals surface area contributed by atoms with Crippen molar-refractivity contribution in [3.05, 3.63) is 22.8 Å². The van der Waals surface area contributed by atoms with E-state index in [4.69, 9.17) is 17.3 Å². The normalized spacial score (nSPS) is 36.7. The van der Waals surface area contributed by atoms with Crippen LogP contribution in [-0.2, 0) is 0 Å². The predicted octanol–water partition coefficient (Wildman–Crippen LogP) is 3.02. The molecule has 0 spiro atoms. The number of amides is 1. The molecule has 1 heterocycles. The van der Waals surface area contributed by atoms with E-state index in [0.717, 1.165) is 37.0 Å². The summed E-state index contributed by atoms with van der Waals surface area (Å²) >= 11 is 5.97. The van der Waals surface area contributed by atoms with Crippen LogP contribution < -0.4 is 11.1 Å². The van der Waals surface area contributed by atoms with E-state index >= 15 is 0 Å². The number of nitrogens with two attached hydrogens (primary N) is 1. The summed E-state index contributed by atoms with van der Waals surface area (Å²) in [5, 5.41) is 3.65. The van der Waals surface area contributed by atoms with Gasteiger partial charge in [0.15, 0.2) is 0 Å². The summed E-state index contributed by atoms with van der Waals surface area (Å²) in [6, 6.07) is 1.61. The molecule has 0 aromatic carbocycles. The van der Waals surface area contributed by atoms with Crippen molar-refractivity contribution in [1.29, 1.82) is 0 Å². The number of rotatable bonds is 2.